The second-order valence-electron chi connectivity index (χ2n) is 1.44. The highest BCUT2D eigenvalue weighted by Crippen LogP contribution is 1.99. The van der Waals surface area contributed by atoms with Crippen molar-refractivity contribution in [3.63, 3.8) is 0 Å². The minimum absolute atomic E-state index is 0.132. The molecule has 0 saturated carbocycles. The average Bonchev–Trinajstić information content (AvgIpc) is 1.80. The van der Waals surface area contributed by atoms with Crippen LogP contribution in [0.3, 0.4) is 0 Å². The molecule has 0 N–H and O–H groups in total. The predicted octanol–water partition coefficient (Wildman–Crippen LogP) is 0.402. The van der Waals surface area contributed by atoms with E-state index in [-0.39, 0.29) is 5.15 Å². The van der Waals surface area contributed by atoms with Crippen LogP contribution in [0.5, 0.6) is 0 Å². The average molecular weight is 147 g/mol. The van der Waals surface area contributed by atoms with Crippen LogP contribution in [-0.2, 0) is 0 Å². The van der Waals surface area contributed by atoms with E-state index >= 15 is 0 Å². The van der Waals surface area contributed by atoms with E-state index in [0.29, 0.717) is 9.16 Å². The van der Waals surface area contributed by atoms with Gasteiger partial charge in [0.1, 0.15) is 0 Å². The first-order valence-corrected chi connectivity index (χ1v) is 2.55. The van der Waals surface area contributed by atoms with Gasteiger partial charge in [-0.2, -0.15) is 0 Å². The zero-order valence-corrected chi connectivity index (χ0v) is 5.08. The first-order chi connectivity index (χ1) is 4.20. The summed E-state index contributed by atoms with van der Waals surface area (Å²) in [5.41, 5.74) is 0. The number of nitrogens with zero attached hydrogens (tertiary/aromatic N) is 2. The molecule has 0 aliphatic carbocycles. The fourth-order valence-corrected chi connectivity index (χ4v) is 0.555. The van der Waals surface area contributed by atoms with Crippen molar-refractivity contribution in [3.8, 4) is 0 Å². The van der Waals surface area contributed by atoms with Gasteiger partial charge in [0.2, 0.25) is 6.20 Å². The summed E-state index contributed by atoms with van der Waals surface area (Å²) in [7, 11) is 0. The molecule has 1 aromatic heterocycles. The summed E-state index contributed by atoms with van der Waals surface area (Å²) in [5.74, 6) is 0. The highest BCUT2D eigenvalue weighted by Gasteiger charge is 1.94. The largest absolute Gasteiger partial charge is 0.805 e. The van der Waals surface area contributed by atoms with Crippen LogP contribution in [0.1, 0.15) is 0 Å². The zero-order chi connectivity index (χ0) is 6.85. The molecule has 1 aromatic rings. The maximum atomic E-state index is 10.4. The molecule has 0 saturated heterocycles. The highest BCUT2D eigenvalue weighted by molar-refractivity contribution is 6.29. The zero-order valence-electron chi connectivity index (χ0n) is 4.32. The standard InChI is InChI=1S/C4H3ClN2O2/c5-4-3-6(8)1-2-7(4)9/h1-3H. The first-order valence-electron chi connectivity index (χ1n) is 2.17. The van der Waals surface area contributed by atoms with Crippen LogP contribution < -0.4 is 4.43 Å². The molecule has 0 aromatic carbocycles. The van der Waals surface area contributed by atoms with E-state index in [1.165, 1.54) is 0 Å². The summed E-state index contributed by atoms with van der Waals surface area (Å²) >= 11 is 5.24. The maximum absolute atomic E-state index is 10.4. The number of aromatic nitrogens is 2. The number of hydrogen-bond acceptors (Lipinski definition) is 2. The van der Waals surface area contributed by atoms with Gasteiger partial charge in [-0.3, -0.25) is 0 Å². The van der Waals surface area contributed by atoms with E-state index in [1.54, 1.807) is 0 Å². The summed E-state index contributed by atoms with van der Waals surface area (Å²) in [5, 5.41) is 10.3. The Hall–Kier alpha value is -1.03. The molecule has 48 valence electrons. The van der Waals surface area contributed by atoms with Crippen molar-refractivity contribution in [1.82, 2.24) is 4.73 Å². The lowest BCUT2D eigenvalue weighted by atomic mass is 10.8. The molecule has 0 bridgehead atoms. The Labute approximate surface area is 55.5 Å². The molecule has 1 rings (SSSR count). The second-order valence-corrected chi connectivity index (χ2v) is 1.82. The van der Waals surface area contributed by atoms with Gasteiger partial charge in [0.05, 0.1) is 10.6 Å². The highest BCUT2D eigenvalue weighted by atomic mass is 35.5. The lowest BCUT2D eigenvalue weighted by Crippen LogP contribution is -2.13. The molecule has 0 aliphatic rings. The van der Waals surface area contributed by atoms with E-state index in [0.717, 1.165) is 18.6 Å². The lowest BCUT2D eigenvalue weighted by Gasteiger charge is -2.06. The van der Waals surface area contributed by atoms with Gasteiger partial charge >= 0.3 is 0 Å². The third-order valence-electron chi connectivity index (χ3n) is 0.793. The monoisotopic (exact) mass is 146 g/mol. The predicted molar refractivity (Wildman–Crippen MR) is 31.6 cm³/mol. The van der Waals surface area contributed by atoms with Crippen LogP contribution >= 0.6 is 11.6 Å². The van der Waals surface area contributed by atoms with Gasteiger partial charge in [-0.1, -0.05) is 11.6 Å². The number of rotatable bonds is 0. The van der Waals surface area contributed by atoms with Crippen LogP contribution in [0, 0.1) is 10.1 Å². The van der Waals surface area contributed by atoms with Crippen molar-refractivity contribution in [2.75, 3.05) is 0 Å². The summed E-state index contributed by atoms with van der Waals surface area (Å²) < 4.78 is 0.854. The fourth-order valence-electron chi connectivity index (χ4n) is 0.402. The van der Waals surface area contributed by atoms with E-state index in [4.69, 9.17) is 11.6 Å². The molecule has 9 heavy (non-hydrogen) atoms. The van der Waals surface area contributed by atoms with Gasteiger partial charge < -0.3 is 9.94 Å². The number of halogens is 1. The molecule has 5 heteroatoms. The Kier molecular flexibility index (Phi) is 1.40. The van der Waals surface area contributed by atoms with Crippen LogP contribution in [0.25, 0.3) is 0 Å². The quantitative estimate of drug-likeness (QED) is 0.498. The van der Waals surface area contributed by atoms with E-state index in [9.17, 15) is 10.1 Å². The second kappa shape index (κ2) is 2.06. The van der Waals surface area contributed by atoms with Crippen LogP contribution in [0.2, 0.25) is 5.15 Å². The Bertz CT molecular complexity index is 270. The Morgan fingerprint density at radius 1 is 1.78 bits per heavy atom. The molecule has 0 aliphatic heterocycles. The van der Waals surface area contributed by atoms with E-state index in [2.05, 4.69) is 0 Å². The lowest BCUT2D eigenvalue weighted by molar-refractivity contribution is -0.495. The normalized spacial score (nSPS) is 9.44. The van der Waals surface area contributed by atoms with Crippen LogP contribution in [-0.4, -0.2) is 4.73 Å². The van der Waals surface area contributed by atoms with Gasteiger partial charge in [0, 0.05) is 4.91 Å². The van der Waals surface area contributed by atoms with Crippen LogP contribution in [0.15, 0.2) is 18.6 Å². The van der Waals surface area contributed by atoms with E-state index < -0.39 is 0 Å². The first kappa shape index (κ1) is 6.10. The third-order valence-corrected chi connectivity index (χ3v) is 1.06. The summed E-state index contributed by atoms with van der Waals surface area (Å²) in [6.07, 6.45) is 3.09. The molecule has 4 nitrogen and oxygen atoms in total. The molecule has 1 heterocycles. The molecule has 0 unspecified atom stereocenters. The Morgan fingerprint density at radius 3 is 2.89 bits per heavy atom. The summed E-state index contributed by atoms with van der Waals surface area (Å²) in [6, 6.07) is 0. The van der Waals surface area contributed by atoms with Gasteiger partial charge in [0.25, 0.3) is 6.20 Å². The molecule has 0 spiro atoms. The molecule has 0 radical (unpaired) electrons. The van der Waals surface area contributed by atoms with Gasteiger partial charge in [0.15, 0.2) is 5.15 Å². The molecule has 0 fully saturated rings. The SMILES string of the molecule is O=[n+]1ccn([O-])c(Cl)c1. The summed E-state index contributed by atoms with van der Waals surface area (Å²) in [6.45, 7) is 0. The van der Waals surface area contributed by atoms with Crippen molar-refractivity contribution >= 4 is 11.6 Å². The maximum Gasteiger partial charge on any atom is 0.262 e. The van der Waals surface area contributed by atoms with Crippen molar-refractivity contribution in [1.29, 1.82) is 0 Å². The minimum atomic E-state index is -0.132. The van der Waals surface area contributed by atoms with Crippen molar-refractivity contribution in [2.45, 2.75) is 0 Å². The molecule has 0 amide bonds. The Morgan fingerprint density at radius 2 is 2.44 bits per heavy atom. The van der Waals surface area contributed by atoms with Gasteiger partial charge in [-0.05, 0) is 0 Å². The number of hydrogen-bond donors (Lipinski definition) is 0. The topological polar surface area (TPSA) is 51.0 Å². The van der Waals surface area contributed by atoms with Gasteiger partial charge in [-0.15, -0.1) is 0 Å². The molecular weight excluding hydrogens is 144 g/mol. The third kappa shape index (κ3) is 1.20. The fraction of sp³-hybridized carbons (Fsp3) is 0. The van der Waals surface area contributed by atoms with Crippen molar-refractivity contribution < 1.29 is 4.43 Å². The smallest absolute Gasteiger partial charge is 0.262 e. The van der Waals surface area contributed by atoms with Crippen LogP contribution in [0.4, 0.5) is 0 Å². The molecular formula is C4H3ClN2O2. The minimum Gasteiger partial charge on any atom is -0.805 e. The van der Waals surface area contributed by atoms with Gasteiger partial charge in [-0.25, -0.2) is 0 Å². The summed E-state index contributed by atoms with van der Waals surface area (Å²) in [4.78, 5) is 10.3. The van der Waals surface area contributed by atoms with E-state index in [1.807, 2.05) is 0 Å². The van der Waals surface area contributed by atoms with Crippen molar-refractivity contribution in [3.05, 3.63) is 33.9 Å². The Balaban J connectivity index is 3.34. The molecule has 0 atom stereocenters. The van der Waals surface area contributed by atoms with Crippen molar-refractivity contribution in [2.24, 2.45) is 0 Å².